The Balaban J connectivity index is 1.66. The molecule has 0 radical (unpaired) electrons. The zero-order chi connectivity index (χ0) is 13.9. The minimum Gasteiger partial charge on any atom is -0.341 e. The van der Waals surface area contributed by atoms with E-state index in [1.54, 1.807) is 0 Å². The second-order valence-electron chi connectivity index (χ2n) is 6.14. The third kappa shape index (κ3) is 2.88. The van der Waals surface area contributed by atoms with Crippen LogP contribution in [0.15, 0.2) is 18.2 Å². The van der Waals surface area contributed by atoms with Gasteiger partial charge in [0, 0.05) is 19.6 Å². The van der Waals surface area contributed by atoms with Crippen molar-refractivity contribution in [2.45, 2.75) is 44.6 Å². The van der Waals surface area contributed by atoms with Crippen molar-refractivity contribution in [3.63, 3.8) is 0 Å². The molecule has 1 saturated heterocycles. The Kier molecular flexibility index (Phi) is 4.06. The Morgan fingerprint density at radius 3 is 2.85 bits per heavy atom. The van der Waals surface area contributed by atoms with Crippen molar-refractivity contribution in [1.29, 1.82) is 0 Å². The smallest absolute Gasteiger partial charge is 0.227 e. The molecule has 108 valence electrons. The van der Waals surface area contributed by atoms with Crippen LogP contribution in [0.1, 0.15) is 36.0 Å². The first-order chi connectivity index (χ1) is 9.74. The first kappa shape index (κ1) is 13.6. The maximum atomic E-state index is 12.4. The summed E-state index contributed by atoms with van der Waals surface area (Å²) in [7, 11) is 1.94. The molecular weight excluding hydrogens is 248 g/mol. The van der Waals surface area contributed by atoms with Gasteiger partial charge in [0.15, 0.2) is 0 Å². The van der Waals surface area contributed by atoms with Crippen molar-refractivity contribution in [3.05, 3.63) is 34.9 Å². The second-order valence-corrected chi connectivity index (χ2v) is 6.14. The molecule has 0 aromatic heterocycles. The van der Waals surface area contributed by atoms with Gasteiger partial charge in [-0.25, -0.2) is 0 Å². The molecule has 1 aromatic carbocycles. The number of likely N-dealkylation sites (N-methyl/N-ethyl adjacent to an activating group) is 1. The molecule has 1 amide bonds. The van der Waals surface area contributed by atoms with Crippen molar-refractivity contribution in [2.75, 3.05) is 20.1 Å². The van der Waals surface area contributed by atoms with Crippen molar-refractivity contribution in [3.8, 4) is 0 Å². The van der Waals surface area contributed by atoms with E-state index in [0.29, 0.717) is 12.5 Å². The Hall–Kier alpha value is -1.35. The van der Waals surface area contributed by atoms with E-state index in [2.05, 4.69) is 23.5 Å². The van der Waals surface area contributed by atoms with E-state index in [-0.39, 0.29) is 5.91 Å². The molecule has 1 unspecified atom stereocenters. The zero-order valence-electron chi connectivity index (χ0n) is 12.3. The fraction of sp³-hybridized carbons (Fsp3) is 0.588. The maximum absolute atomic E-state index is 12.4. The summed E-state index contributed by atoms with van der Waals surface area (Å²) in [6.07, 6.45) is 6.60. The largest absolute Gasteiger partial charge is 0.341 e. The first-order valence-electron chi connectivity index (χ1n) is 7.81. The molecule has 3 nitrogen and oxygen atoms in total. The molecule has 0 bridgehead atoms. The minimum atomic E-state index is 0.245. The van der Waals surface area contributed by atoms with Crippen LogP contribution in [0.3, 0.4) is 0 Å². The van der Waals surface area contributed by atoms with Crippen molar-refractivity contribution in [2.24, 2.45) is 0 Å². The van der Waals surface area contributed by atoms with Gasteiger partial charge in [0.05, 0.1) is 6.42 Å². The molecule has 1 atom stereocenters. The molecule has 1 N–H and O–H groups in total. The molecule has 1 aliphatic heterocycles. The molecule has 1 heterocycles. The monoisotopic (exact) mass is 272 g/mol. The highest BCUT2D eigenvalue weighted by molar-refractivity contribution is 5.79. The van der Waals surface area contributed by atoms with Gasteiger partial charge in [0.2, 0.25) is 5.91 Å². The average molecular weight is 272 g/mol. The normalized spacial score (nSPS) is 21.6. The number of hydrogen-bond donors (Lipinski definition) is 1. The summed E-state index contributed by atoms with van der Waals surface area (Å²) >= 11 is 0. The van der Waals surface area contributed by atoms with E-state index in [1.165, 1.54) is 42.4 Å². The average Bonchev–Trinajstić information content (AvgIpc) is 3.00. The van der Waals surface area contributed by atoms with Crippen LogP contribution in [0.4, 0.5) is 0 Å². The number of rotatable bonds is 3. The summed E-state index contributed by atoms with van der Waals surface area (Å²) in [5.74, 6) is 0.245. The molecule has 20 heavy (non-hydrogen) atoms. The van der Waals surface area contributed by atoms with Crippen LogP contribution in [0, 0.1) is 0 Å². The minimum absolute atomic E-state index is 0.245. The highest BCUT2D eigenvalue weighted by Gasteiger charge is 2.23. The summed E-state index contributed by atoms with van der Waals surface area (Å²) in [5, 5.41) is 3.32. The number of carbonyl (C=O) groups excluding carboxylic acids is 1. The van der Waals surface area contributed by atoms with Gasteiger partial charge in [-0.3, -0.25) is 4.79 Å². The number of aryl methyl sites for hydroxylation is 2. The van der Waals surface area contributed by atoms with Crippen molar-refractivity contribution < 1.29 is 4.79 Å². The van der Waals surface area contributed by atoms with Crippen LogP contribution in [-0.2, 0) is 24.1 Å². The Labute approximate surface area is 121 Å². The third-order valence-corrected chi connectivity index (χ3v) is 4.74. The van der Waals surface area contributed by atoms with Crippen LogP contribution < -0.4 is 5.32 Å². The molecule has 1 aliphatic carbocycles. The predicted octanol–water partition coefficient (Wildman–Crippen LogP) is 1.93. The van der Waals surface area contributed by atoms with Crippen molar-refractivity contribution >= 4 is 5.91 Å². The van der Waals surface area contributed by atoms with Gasteiger partial charge >= 0.3 is 0 Å². The van der Waals surface area contributed by atoms with Crippen LogP contribution in [-0.4, -0.2) is 37.0 Å². The number of amides is 1. The lowest BCUT2D eigenvalue weighted by Crippen LogP contribution is -2.39. The van der Waals surface area contributed by atoms with Crippen LogP contribution >= 0.6 is 0 Å². The van der Waals surface area contributed by atoms with Gasteiger partial charge in [-0.2, -0.15) is 0 Å². The van der Waals surface area contributed by atoms with Crippen LogP contribution in [0.5, 0.6) is 0 Å². The fourth-order valence-corrected chi connectivity index (χ4v) is 3.37. The van der Waals surface area contributed by atoms with Gasteiger partial charge in [0.1, 0.15) is 0 Å². The van der Waals surface area contributed by atoms with E-state index in [4.69, 9.17) is 0 Å². The summed E-state index contributed by atoms with van der Waals surface area (Å²) in [6.45, 7) is 1.97. The summed E-state index contributed by atoms with van der Waals surface area (Å²) in [5.41, 5.74) is 4.13. The maximum Gasteiger partial charge on any atom is 0.227 e. The number of nitrogens with zero attached hydrogens (tertiary/aromatic N) is 1. The predicted molar refractivity (Wildman–Crippen MR) is 80.8 cm³/mol. The molecule has 1 aromatic rings. The fourth-order valence-electron chi connectivity index (χ4n) is 3.37. The zero-order valence-corrected chi connectivity index (χ0v) is 12.3. The summed E-state index contributed by atoms with van der Waals surface area (Å²) < 4.78 is 0. The molecule has 3 rings (SSSR count). The van der Waals surface area contributed by atoms with Gasteiger partial charge in [-0.05, 0) is 55.3 Å². The molecule has 0 spiro atoms. The molecule has 0 saturated carbocycles. The second kappa shape index (κ2) is 5.96. The summed E-state index contributed by atoms with van der Waals surface area (Å²) in [4.78, 5) is 14.3. The van der Waals surface area contributed by atoms with E-state index in [0.717, 1.165) is 19.5 Å². The van der Waals surface area contributed by atoms with Gasteiger partial charge in [0.25, 0.3) is 0 Å². The number of fused-ring (bicyclic) bond motifs is 1. The van der Waals surface area contributed by atoms with E-state index >= 15 is 0 Å². The van der Waals surface area contributed by atoms with Crippen LogP contribution in [0.25, 0.3) is 0 Å². The Morgan fingerprint density at radius 1 is 1.30 bits per heavy atom. The van der Waals surface area contributed by atoms with E-state index < -0.39 is 0 Å². The Bertz CT molecular complexity index is 492. The van der Waals surface area contributed by atoms with Gasteiger partial charge < -0.3 is 10.2 Å². The van der Waals surface area contributed by atoms with E-state index in [1.807, 2.05) is 11.9 Å². The standard InChI is InChI=1S/C17H24N2O/c1-19(16-8-9-18-12-16)17(20)11-13-6-7-14-4-2-3-5-15(14)10-13/h6-7,10,16,18H,2-5,8-9,11-12H2,1H3. The lowest BCUT2D eigenvalue weighted by Gasteiger charge is -2.24. The van der Waals surface area contributed by atoms with Crippen LogP contribution in [0.2, 0.25) is 0 Å². The number of benzene rings is 1. The highest BCUT2D eigenvalue weighted by atomic mass is 16.2. The topological polar surface area (TPSA) is 32.3 Å². The molecular formula is C17H24N2O. The lowest BCUT2D eigenvalue weighted by atomic mass is 9.90. The number of carbonyl (C=O) groups is 1. The lowest BCUT2D eigenvalue weighted by molar-refractivity contribution is -0.130. The third-order valence-electron chi connectivity index (χ3n) is 4.74. The number of nitrogens with one attached hydrogen (secondary N) is 1. The molecule has 2 aliphatic rings. The van der Waals surface area contributed by atoms with Gasteiger partial charge in [-0.15, -0.1) is 0 Å². The SMILES string of the molecule is CN(C(=O)Cc1ccc2c(c1)CCCC2)C1CCNC1. The Morgan fingerprint density at radius 2 is 2.10 bits per heavy atom. The molecule has 1 fully saturated rings. The van der Waals surface area contributed by atoms with Crippen molar-refractivity contribution in [1.82, 2.24) is 10.2 Å². The summed E-state index contributed by atoms with van der Waals surface area (Å²) in [6, 6.07) is 7.00. The van der Waals surface area contributed by atoms with Gasteiger partial charge in [-0.1, -0.05) is 18.2 Å². The highest BCUT2D eigenvalue weighted by Crippen LogP contribution is 2.22. The molecule has 3 heteroatoms. The number of hydrogen-bond acceptors (Lipinski definition) is 2. The first-order valence-corrected chi connectivity index (χ1v) is 7.81. The quantitative estimate of drug-likeness (QED) is 0.912. The van der Waals surface area contributed by atoms with E-state index in [9.17, 15) is 4.79 Å².